The van der Waals surface area contributed by atoms with Gasteiger partial charge in [0.25, 0.3) is 0 Å². The van der Waals surface area contributed by atoms with E-state index in [4.69, 9.17) is 10.6 Å². The normalized spacial score (nSPS) is 11.9. The summed E-state index contributed by atoms with van der Waals surface area (Å²) in [6, 6.07) is 0. The van der Waals surface area contributed by atoms with Crippen molar-refractivity contribution in [3.8, 4) is 0 Å². The Hall–Kier alpha value is -1.81. The van der Waals surface area contributed by atoms with Gasteiger partial charge in [0.1, 0.15) is 19.0 Å². The highest BCUT2D eigenvalue weighted by atomic mass is 19.1. The number of halogens is 1. The highest BCUT2D eigenvalue weighted by Gasteiger charge is 1.99. The average Bonchev–Trinajstić information content (AvgIpc) is 2.35. The van der Waals surface area contributed by atoms with Crippen molar-refractivity contribution in [2.75, 3.05) is 13.3 Å². The minimum atomic E-state index is -0.475. The SMILES string of the molecule is C=C(/C=C\C=C/CF)OC/C=C(/C)C(NN)=C(C)C. The number of nitrogens with two attached hydrogens (primary N) is 1. The average molecular weight is 266 g/mol. The number of allylic oxidation sites excluding steroid dienone is 6. The summed E-state index contributed by atoms with van der Waals surface area (Å²) < 4.78 is 17.2. The molecule has 0 spiro atoms. The predicted octanol–water partition coefficient (Wildman–Crippen LogP) is 3.30. The molecular weight excluding hydrogens is 243 g/mol. The quantitative estimate of drug-likeness (QED) is 0.307. The Bertz CT molecular complexity index is 402. The minimum Gasteiger partial charge on any atom is -0.490 e. The molecule has 0 aromatic rings. The standard InChI is InChI=1S/C15H23FN2O/c1-12(2)15(18-17)13(3)9-11-19-14(4)8-6-5-7-10-16/h5-9,18H,4,10-11,17H2,1-3H3/b7-5-,8-6-,13-9-. The van der Waals surface area contributed by atoms with Crippen LogP contribution in [0.3, 0.4) is 0 Å². The summed E-state index contributed by atoms with van der Waals surface area (Å²) in [6.45, 7) is 9.57. The molecule has 0 fully saturated rings. The molecule has 0 aliphatic carbocycles. The summed E-state index contributed by atoms with van der Waals surface area (Å²) in [7, 11) is 0. The van der Waals surface area contributed by atoms with Crippen LogP contribution in [0.2, 0.25) is 0 Å². The third-order valence-corrected chi connectivity index (χ3v) is 2.32. The Balaban J connectivity index is 4.28. The molecule has 0 rings (SSSR count). The first-order chi connectivity index (χ1) is 9.02. The van der Waals surface area contributed by atoms with Crippen LogP contribution in [0.1, 0.15) is 20.8 Å². The van der Waals surface area contributed by atoms with E-state index in [-0.39, 0.29) is 0 Å². The molecule has 0 unspecified atom stereocenters. The van der Waals surface area contributed by atoms with Gasteiger partial charge in [-0.15, -0.1) is 0 Å². The topological polar surface area (TPSA) is 47.3 Å². The van der Waals surface area contributed by atoms with Gasteiger partial charge in [-0.05, 0) is 38.5 Å². The van der Waals surface area contributed by atoms with E-state index in [1.54, 1.807) is 18.2 Å². The van der Waals surface area contributed by atoms with Crippen LogP contribution in [0, 0.1) is 0 Å². The second-order valence-electron chi connectivity index (χ2n) is 4.13. The monoisotopic (exact) mass is 266 g/mol. The van der Waals surface area contributed by atoms with Crippen LogP contribution in [0.5, 0.6) is 0 Å². The second kappa shape index (κ2) is 10.1. The second-order valence-corrected chi connectivity index (χ2v) is 4.13. The molecule has 19 heavy (non-hydrogen) atoms. The van der Waals surface area contributed by atoms with E-state index in [0.29, 0.717) is 12.4 Å². The van der Waals surface area contributed by atoms with E-state index in [9.17, 15) is 4.39 Å². The van der Waals surface area contributed by atoms with Gasteiger partial charge in [-0.2, -0.15) is 0 Å². The molecule has 3 N–H and O–H groups in total. The number of alkyl halides is 1. The summed E-state index contributed by atoms with van der Waals surface area (Å²) in [5.74, 6) is 5.96. The first kappa shape index (κ1) is 17.2. The molecule has 4 heteroatoms. The van der Waals surface area contributed by atoms with Crippen LogP contribution in [0.25, 0.3) is 0 Å². The van der Waals surface area contributed by atoms with Crippen molar-refractivity contribution in [1.29, 1.82) is 0 Å². The van der Waals surface area contributed by atoms with Gasteiger partial charge in [-0.3, -0.25) is 5.84 Å². The number of rotatable bonds is 8. The van der Waals surface area contributed by atoms with Crippen LogP contribution in [-0.4, -0.2) is 13.3 Å². The maximum Gasteiger partial charge on any atom is 0.112 e. The van der Waals surface area contributed by atoms with Gasteiger partial charge in [0.05, 0.1) is 0 Å². The minimum absolute atomic E-state index is 0.403. The molecular formula is C15H23FN2O. The lowest BCUT2D eigenvalue weighted by Gasteiger charge is -2.10. The van der Waals surface area contributed by atoms with Crippen LogP contribution in [0.15, 0.2) is 59.6 Å². The van der Waals surface area contributed by atoms with E-state index < -0.39 is 6.67 Å². The fraction of sp³-hybridized carbons (Fsp3) is 0.333. The molecule has 0 saturated heterocycles. The Morgan fingerprint density at radius 1 is 1.32 bits per heavy atom. The van der Waals surface area contributed by atoms with Gasteiger partial charge in [-0.25, -0.2) is 4.39 Å². The van der Waals surface area contributed by atoms with Crippen molar-refractivity contribution >= 4 is 0 Å². The van der Waals surface area contributed by atoms with Crippen molar-refractivity contribution < 1.29 is 9.13 Å². The Kier molecular flexibility index (Phi) is 9.18. The Morgan fingerprint density at radius 2 is 2.00 bits per heavy atom. The highest BCUT2D eigenvalue weighted by Crippen LogP contribution is 2.10. The van der Waals surface area contributed by atoms with Gasteiger partial charge in [-0.1, -0.05) is 30.4 Å². The van der Waals surface area contributed by atoms with Crippen LogP contribution in [-0.2, 0) is 4.74 Å². The van der Waals surface area contributed by atoms with E-state index in [1.165, 1.54) is 6.08 Å². The summed E-state index contributed by atoms with van der Waals surface area (Å²) in [4.78, 5) is 0. The zero-order chi connectivity index (χ0) is 14.7. The molecule has 0 aromatic heterocycles. The Labute approximate surface area is 115 Å². The largest absolute Gasteiger partial charge is 0.490 e. The lowest BCUT2D eigenvalue weighted by atomic mass is 10.1. The van der Waals surface area contributed by atoms with Gasteiger partial charge in [0.15, 0.2) is 0 Å². The number of hydrazine groups is 1. The number of nitrogens with one attached hydrogen (secondary N) is 1. The van der Waals surface area contributed by atoms with Crippen molar-refractivity contribution in [2.24, 2.45) is 5.84 Å². The van der Waals surface area contributed by atoms with Crippen molar-refractivity contribution in [3.63, 3.8) is 0 Å². The number of hydrogen-bond acceptors (Lipinski definition) is 3. The van der Waals surface area contributed by atoms with Crippen molar-refractivity contribution in [3.05, 3.63) is 59.6 Å². The number of ether oxygens (including phenoxy) is 1. The van der Waals surface area contributed by atoms with Crippen LogP contribution >= 0.6 is 0 Å². The summed E-state index contributed by atoms with van der Waals surface area (Å²) in [6.07, 6.45) is 8.29. The predicted molar refractivity (Wildman–Crippen MR) is 78.8 cm³/mol. The molecule has 106 valence electrons. The molecule has 0 aliphatic rings. The summed E-state index contributed by atoms with van der Waals surface area (Å²) in [5.41, 5.74) is 5.68. The summed E-state index contributed by atoms with van der Waals surface area (Å²) >= 11 is 0. The Morgan fingerprint density at radius 3 is 2.53 bits per heavy atom. The fourth-order valence-corrected chi connectivity index (χ4v) is 1.37. The number of hydrogen-bond donors (Lipinski definition) is 2. The smallest absolute Gasteiger partial charge is 0.112 e. The molecule has 0 heterocycles. The van der Waals surface area contributed by atoms with E-state index in [0.717, 1.165) is 16.8 Å². The van der Waals surface area contributed by atoms with Gasteiger partial charge in [0, 0.05) is 5.70 Å². The molecule has 0 radical (unpaired) electrons. The highest BCUT2D eigenvalue weighted by molar-refractivity contribution is 5.30. The third-order valence-electron chi connectivity index (χ3n) is 2.32. The fourth-order valence-electron chi connectivity index (χ4n) is 1.37. The van der Waals surface area contributed by atoms with E-state index >= 15 is 0 Å². The molecule has 0 aliphatic heterocycles. The lowest BCUT2D eigenvalue weighted by Crippen LogP contribution is -2.23. The van der Waals surface area contributed by atoms with E-state index in [1.807, 2.05) is 26.8 Å². The van der Waals surface area contributed by atoms with Gasteiger partial charge in [0.2, 0.25) is 0 Å². The van der Waals surface area contributed by atoms with E-state index in [2.05, 4.69) is 12.0 Å². The van der Waals surface area contributed by atoms with Gasteiger partial charge < -0.3 is 10.2 Å². The van der Waals surface area contributed by atoms with Crippen molar-refractivity contribution in [1.82, 2.24) is 5.43 Å². The zero-order valence-electron chi connectivity index (χ0n) is 11.9. The first-order valence-electron chi connectivity index (χ1n) is 6.05. The van der Waals surface area contributed by atoms with Crippen LogP contribution < -0.4 is 11.3 Å². The molecule has 0 bridgehead atoms. The molecule has 0 aromatic carbocycles. The maximum absolute atomic E-state index is 11.8. The van der Waals surface area contributed by atoms with Gasteiger partial charge >= 0.3 is 0 Å². The molecule has 0 saturated carbocycles. The van der Waals surface area contributed by atoms with Crippen LogP contribution in [0.4, 0.5) is 4.39 Å². The molecule has 0 atom stereocenters. The maximum atomic E-state index is 11.8. The molecule has 0 amide bonds. The summed E-state index contributed by atoms with van der Waals surface area (Å²) in [5, 5.41) is 0. The lowest BCUT2D eigenvalue weighted by molar-refractivity contribution is 0.262. The zero-order valence-corrected chi connectivity index (χ0v) is 11.9. The van der Waals surface area contributed by atoms with Crippen molar-refractivity contribution in [2.45, 2.75) is 20.8 Å². The first-order valence-corrected chi connectivity index (χ1v) is 6.05. The third kappa shape index (κ3) is 8.00. The molecule has 3 nitrogen and oxygen atoms in total.